The van der Waals surface area contributed by atoms with Gasteiger partial charge in [-0.3, -0.25) is 23.7 Å². The van der Waals surface area contributed by atoms with E-state index in [1.807, 2.05) is 48.7 Å². The molecule has 0 radical (unpaired) electrons. The van der Waals surface area contributed by atoms with E-state index < -0.39 is 17.1 Å². The Labute approximate surface area is 238 Å². The van der Waals surface area contributed by atoms with Crippen LogP contribution in [0.4, 0.5) is 11.4 Å². The topological polar surface area (TPSA) is 88.5 Å². The van der Waals surface area contributed by atoms with Crippen molar-refractivity contribution in [3.05, 3.63) is 95.5 Å². The molecule has 192 valence electrons. The largest absolute Gasteiger partial charge is 0.325 e. The van der Waals surface area contributed by atoms with Crippen LogP contribution in [0.5, 0.6) is 0 Å². The molecule has 3 unspecified atom stereocenters. The highest BCUT2D eigenvalue weighted by Gasteiger charge is 2.57. The Morgan fingerprint density at radius 1 is 1.00 bits per heavy atom. The Morgan fingerprint density at radius 2 is 1.74 bits per heavy atom. The van der Waals surface area contributed by atoms with Gasteiger partial charge in [0.05, 0.1) is 16.6 Å². The standard InChI is InChI=1S/C27H20BrN3O4S3/c1-14-4-8-16(9-5-14)29-19(32)13-30-26-23(38-27(30)35)20(18-3-2-12-36-18)21-22(37-26)25(34)31(24(21)33)17-10-6-15(28)7-11-17/h2-12,20-22H,13H2,1H3,(H,29,32). The number of benzene rings is 2. The van der Waals surface area contributed by atoms with E-state index in [-0.39, 0.29) is 29.1 Å². The molecule has 1 saturated heterocycles. The summed E-state index contributed by atoms with van der Waals surface area (Å²) in [6.45, 7) is 1.78. The van der Waals surface area contributed by atoms with E-state index in [9.17, 15) is 19.2 Å². The quantitative estimate of drug-likeness (QED) is 0.297. The molecular formula is C27H20BrN3O4S3. The first-order valence-electron chi connectivity index (χ1n) is 11.8. The van der Waals surface area contributed by atoms with Crippen LogP contribution in [0.3, 0.4) is 0 Å². The second-order valence-electron chi connectivity index (χ2n) is 9.08. The first kappa shape index (κ1) is 25.3. The van der Waals surface area contributed by atoms with Crippen LogP contribution >= 0.6 is 50.4 Å². The lowest BCUT2D eigenvalue weighted by atomic mass is 9.87. The molecular weight excluding hydrogens is 606 g/mol. The number of nitrogens with one attached hydrogen (secondary N) is 1. The zero-order valence-corrected chi connectivity index (χ0v) is 24.0. The van der Waals surface area contributed by atoms with Crippen molar-refractivity contribution in [1.82, 2.24) is 4.57 Å². The van der Waals surface area contributed by atoms with Crippen LogP contribution in [-0.2, 0) is 20.9 Å². The number of hydrogen-bond donors (Lipinski definition) is 1. The van der Waals surface area contributed by atoms with E-state index in [0.717, 1.165) is 31.1 Å². The van der Waals surface area contributed by atoms with E-state index in [4.69, 9.17) is 0 Å². The lowest BCUT2D eigenvalue weighted by Crippen LogP contribution is -2.32. The van der Waals surface area contributed by atoms with Crippen molar-refractivity contribution in [2.75, 3.05) is 10.2 Å². The van der Waals surface area contributed by atoms with Gasteiger partial charge in [-0.25, -0.2) is 4.90 Å². The van der Waals surface area contributed by atoms with Crippen molar-refractivity contribution in [2.24, 2.45) is 5.92 Å². The summed E-state index contributed by atoms with van der Waals surface area (Å²) >= 11 is 7.16. The minimum Gasteiger partial charge on any atom is -0.325 e. The molecule has 2 aliphatic rings. The van der Waals surface area contributed by atoms with E-state index in [1.54, 1.807) is 24.3 Å². The van der Waals surface area contributed by atoms with Crippen LogP contribution in [0, 0.1) is 12.8 Å². The number of aromatic nitrogens is 1. The van der Waals surface area contributed by atoms with E-state index in [2.05, 4.69) is 21.2 Å². The molecule has 6 rings (SSSR count). The van der Waals surface area contributed by atoms with Gasteiger partial charge >= 0.3 is 4.87 Å². The van der Waals surface area contributed by atoms with E-state index in [0.29, 0.717) is 16.4 Å². The highest BCUT2D eigenvalue weighted by Crippen LogP contribution is 2.54. The van der Waals surface area contributed by atoms with Crippen molar-refractivity contribution in [3.8, 4) is 0 Å². The van der Waals surface area contributed by atoms with Crippen molar-refractivity contribution in [3.63, 3.8) is 0 Å². The normalized spacial score (nSPS) is 20.4. The van der Waals surface area contributed by atoms with E-state index in [1.165, 1.54) is 32.6 Å². The number of thioether (sulfide) groups is 1. The number of thiazole rings is 1. The Kier molecular flexibility index (Phi) is 6.63. The molecule has 3 amide bonds. The zero-order valence-electron chi connectivity index (χ0n) is 19.9. The molecule has 38 heavy (non-hydrogen) atoms. The van der Waals surface area contributed by atoms with Crippen LogP contribution in [0.25, 0.3) is 0 Å². The highest BCUT2D eigenvalue weighted by molar-refractivity contribution is 9.10. The van der Waals surface area contributed by atoms with Gasteiger partial charge in [-0.1, -0.05) is 62.8 Å². The maximum atomic E-state index is 13.8. The summed E-state index contributed by atoms with van der Waals surface area (Å²) in [6.07, 6.45) is 0. The number of fused-ring (bicyclic) bond motifs is 2. The average molecular weight is 627 g/mol. The number of imide groups is 1. The molecule has 3 atom stereocenters. The van der Waals surface area contributed by atoms with Crippen LogP contribution < -0.4 is 15.1 Å². The molecule has 0 aliphatic carbocycles. The van der Waals surface area contributed by atoms with Crippen molar-refractivity contribution >= 4 is 79.5 Å². The smallest absolute Gasteiger partial charge is 0.308 e. The third kappa shape index (κ3) is 4.37. The number of anilines is 2. The van der Waals surface area contributed by atoms with Crippen LogP contribution in [0.1, 0.15) is 21.2 Å². The van der Waals surface area contributed by atoms with Crippen molar-refractivity contribution < 1.29 is 14.4 Å². The van der Waals surface area contributed by atoms with Crippen LogP contribution in [0.2, 0.25) is 0 Å². The number of carbonyl (C=O) groups is 3. The summed E-state index contributed by atoms with van der Waals surface area (Å²) in [5.74, 6) is -2.00. The summed E-state index contributed by atoms with van der Waals surface area (Å²) < 4.78 is 2.28. The summed E-state index contributed by atoms with van der Waals surface area (Å²) in [5.41, 5.74) is 2.23. The Morgan fingerprint density at radius 3 is 2.42 bits per heavy atom. The first-order chi connectivity index (χ1) is 18.3. The van der Waals surface area contributed by atoms with Crippen LogP contribution in [-0.4, -0.2) is 27.5 Å². The van der Waals surface area contributed by atoms with Crippen molar-refractivity contribution in [1.29, 1.82) is 0 Å². The number of hydrogen-bond acceptors (Lipinski definition) is 7. The van der Waals surface area contributed by atoms with Gasteiger partial charge < -0.3 is 5.32 Å². The van der Waals surface area contributed by atoms with Gasteiger partial charge in [-0.2, -0.15) is 0 Å². The summed E-state index contributed by atoms with van der Waals surface area (Å²) in [6, 6.07) is 18.3. The summed E-state index contributed by atoms with van der Waals surface area (Å²) in [4.78, 5) is 56.2. The Balaban J connectivity index is 1.38. The molecule has 2 aromatic heterocycles. The maximum Gasteiger partial charge on any atom is 0.308 e. The van der Waals surface area contributed by atoms with Gasteiger partial charge in [0.1, 0.15) is 11.8 Å². The Bertz CT molecular complexity index is 1610. The third-order valence-electron chi connectivity index (χ3n) is 6.62. The molecule has 0 bridgehead atoms. The molecule has 4 aromatic rings. The van der Waals surface area contributed by atoms with Gasteiger partial charge in [0, 0.05) is 25.8 Å². The number of halogens is 1. The number of nitrogens with zero attached hydrogens (tertiary/aromatic N) is 2. The number of carbonyl (C=O) groups excluding carboxylic acids is 3. The molecule has 1 fully saturated rings. The van der Waals surface area contributed by atoms with Crippen molar-refractivity contribution in [2.45, 2.75) is 29.7 Å². The maximum absolute atomic E-state index is 13.8. The summed E-state index contributed by atoms with van der Waals surface area (Å²) in [7, 11) is 0. The molecule has 2 aliphatic heterocycles. The second-order valence-corrected chi connectivity index (χ2v) is 13.1. The molecule has 4 heterocycles. The number of aryl methyl sites for hydroxylation is 1. The third-order valence-corrected chi connectivity index (χ3v) is 10.7. The van der Waals surface area contributed by atoms with Gasteiger partial charge in [-0.05, 0) is 54.8 Å². The Hall–Kier alpha value is -2.99. The van der Waals surface area contributed by atoms with Gasteiger partial charge in [-0.15, -0.1) is 11.3 Å². The molecule has 1 N–H and O–H groups in total. The predicted octanol–water partition coefficient (Wildman–Crippen LogP) is 5.48. The van der Waals surface area contributed by atoms with Gasteiger partial charge in [0.15, 0.2) is 0 Å². The highest BCUT2D eigenvalue weighted by atomic mass is 79.9. The monoisotopic (exact) mass is 625 g/mol. The molecule has 11 heteroatoms. The molecule has 2 aromatic carbocycles. The molecule has 7 nitrogen and oxygen atoms in total. The first-order valence-corrected chi connectivity index (χ1v) is 15.1. The minimum absolute atomic E-state index is 0.182. The molecule has 0 spiro atoms. The number of thiophene rings is 1. The fourth-order valence-corrected chi connectivity index (χ4v) is 8.84. The second kappa shape index (κ2) is 9.96. The summed E-state index contributed by atoms with van der Waals surface area (Å²) in [5, 5.41) is 4.64. The number of amides is 3. The fourth-order valence-electron chi connectivity index (χ4n) is 4.86. The predicted molar refractivity (Wildman–Crippen MR) is 154 cm³/mol. The average Bonchev–Trinajstić information content (AvgIpc) is 3.59. The van der Waals surface area contributed by atoms with E-state index >= 15 is 0 Å². The zero-order chi connectivity index (χ0) is 26.6. The molecule has 0 saturated carbocycles. The lowest BCUT2D eigenvalue weighted by Gasteiger charge is -2.29. The SMILES string of the molecule is Cc1ccc(NC(=O)Cn2c3c(sc2=O)C(c2cccs2)C2C(=O)N(c4ccc(Br)cc4)C(=O)C2S3)cc1. The number of rotatable bonds is 5. The van der Waals surface area contributed by atoms with Crippen LogP contribution in [0.15, 0.2) is 80.3 Å². The lowest BCUT2D eigenvalue weighted by molar-refractivity contribution is -0.122. The van der Waals surface area contributed by atoms with Gasteiger partial charge in [0.2, 0.25) is 17.7 Å². The minimum atomic E-state index is -0.703. The van der Waals surface area contributed by atoms with Gasteiger partial charge in [0.25, 0.3) is 0 Å². The fraction of sp³-hybridized carbons (Fsp3) is 0.185.